The van der Waals surface area contributed by atoms with E-state index in [4.69, 9.17) is 0 Å². The van der Waals surface area contributed by atoms with Crippen LogP contribution >= 0.6 is 0 Å². The molecule has 6 aliphatic rings. The number of carbonyl (C=O) groups is 4. The summed E-state index contributed by atoms with van der Waals surface area (Å²) in [7, 11) is 0. The highest BCUT2D eigenvalue weighted by Gasteiger charge is 2.68. The van der Waals surface area contributed by atoms with Crippen LogP contribution in [0.1, 0.15) is 130 Å². The van der Waals surface area contributed by atoms with Gasteiger partial charge in [0.05, 0.1) is 11.2 Å². The van der Waals surface area contributed by atoms with Gasteiger partial charge in [-0.3, -0.25) is 24.2 Å². The molecule has 2 aromatic rings. The first-order valence-corrected chi connectivity index (χ1v) is 20.5. The molecule has 1 N–H and O–H groups in total. The van der Waals surface area contributed by atoms with Gasteiger partial charge < -0.3 is 14.9 Å². The predicted molar refractivity (Wildman–Crippen MR) is 205 cm³/mol. The number of hydrogen-bond acceptors (Lipinski definition) is 6. The highest BCUT2D eigenvalue weighted by molar-refractivity contribution is 6.15. The Bertz CT molecular complexity index is 1900. The summed E-state index contributed by atoms with van der Waals surface area (Å²) in [5.74, 6) is 1.01. The van der Waals surface area contributed by atoms with Crippen molar-refractivity contribution in [2.75, 3.05) is 32.7 Å². The Labute approximate surface area is 319 Å². The average Bonchev–Trinajstić information content (AvgIpc) is 3.44. The minimum atomic E-state index is -0.791. The van der Waals surface area contributed by atoms with Gasteiger partial charge in [-0.15, -0.1) is 0 Å². The minimum Gasteiger partial charge on any atom is -0.389 e. The molecular weight excluding hydrogens is 682 g/mol. The number of hydrogen-bond donors (Lipinski definition) is 1. The van der Waals surface area contributed by atoms with E-state index in [0.29, 0.717) is 81.0 Å². The van der Waals surface area contributed by atoms with E-state index in [0.717, 1.165) is 74.6 Å². The summed E-state index contributed by atoms with van der Waals surface area (Å²) in [6.07, 6.45) is 10.6. The molecule has 2 aromatic carbocycles. The molecule has 4 aliphatic carbocycles. The molecule has 0 aromatic heterocycles. The first-order chi connectivity index (χ1) is 25.8. The zero-order valence-electron chi connectivity index (χ0n) is 32.3. The van der Waals surface area contributed by atoms with Crippen molar-refractivity contribution < 1.29 is 28.7 Å². The van der Waals surface area contributed by atoms with Gasteiger partial charge in [0.15, 0.2) is 5.78 Å². The smallest absolute Gasteiger partial charge is 0.256 e. The topological polar surface area (TPSA) is 107 Å². The number of aliphatic hydroxyl groups is 1. The van der Waals surface area contributed by atoms with Crippen LogP contribution in [0.3, 0.4) is 0 Å². The van der Waals surface area contributed by atoms with Gasteiger partial charge in [-0.2, -0.15) is 0 Å². The third-order valence-electron chi connectivity index (χ3n) is 15.9. The van der Waals surface area contributed by atoms with Crippen molar-refractivity contribution in [1.29, 1.82) is 0 Å². The molecule has 0 bridgehead atoms. The number of piperazine rings is 1. The Balaban J connectivity index is 0.847. The van der Waals surface area contributed by atoms with Crippen molar-refractivity contribution >= 4 is 29.1 Å². The Kier molecular flexibility index (Phi) is 9.50. The van der Waals surface area contributed by atoms with Gasteiger partial charge in [-0.25, -0.2) is 4.39 Å². The number of aliphatic imine (C=N–C) groups is 1. The van der Waals surface area contributed by atoms with Crippen LogP contribution in [0.15, 0.2) is 47.5 Å². The lowest BCUT2D eigenvalue weighted by atomic mass is 9.39. The summed E-state index contributed by atoms with van der Waals surface area (Å²) in [6, 6.07) is 11.9. The molecule has 5 fully saturated rings. The van der Waals surface area contributed by atoms with Gasteiger partial charge in [0.25, 0.3) is 5.91 Å². The molecule has 54 heavy (non-hydrogen) atoms. The Hall–Kier alpha value is -3.72. The Morgan fingerprint density at radius 3 is 2.37 bits per heavy atom. The van der Waals surface area contributed by atoms with Crippen LogP contribution in [0.5, 0.6) is 0 Å². The van der Waals surface area contributed by atoms with Gasteiger partial charge in [0.1, 0.15) is 18.1 Å². The number of carbonyl (C=O) groups excluding carboxylic acids is 4. The van der Waals surface area contributed by atoms with Crippen molar-refractivity contribution in [1.82, 2.24) is 9.80 Å². The number of rotatable bonds is 7. The number of benzene rings is 2. The van der Waals surface area contributed by atoms with E-state index in [-0.39, 0.29) is 40.0 Å². The SMILES string of the molecule is C[C@]12CC[C@@H]3CC(=O)CC[C@@]3(C)[C@@H]1CC[C@]1(C)[C@@H]2CC[C@]1(O)CCCC(=O)N1CCN(C(=O)c2cc(CC3=NCC(=O)c4ccccc43)ccc2F)CC1. The molecule has 0 spiro atoms. The van der Waals surface area contributed by atoms with Crippen LogP contribution in [0, 0.1) is 39.8 Å². The number of fused-ring (bicyclic) bond motifs is 6. The van der Waals surface area contributed by atoms with Crippen LogP contribution < -0.4 is 0 Å². The fourth-order valence-electron chi connectivity index (χ4n) is 12.8. The van der Waals surface area contributed by atoms with E-state index in [1.165, 1.54) is 6.07 Å². The lowest BCUT2D eigenvalue weighted by molar-refractivity contribution is -0.193. The maximum atomic E-state index is 15.1. The first kappa shape index (κ1) is 37.2. The summed E-state index contributed by atoms with van der Waals surface area (Å²) in [4.78, 5) is 59.6. The summed E-state index contributed by atoms with van der Waals surface area (Å²) in [5.41, 5.74) is 2.30. The van der Waals surface area contributed by atoms with E-state index in [1.54, 1.807) is 28.0 Å². The third-order valence-corrected chi connectivity index (χ3v) is 15.9. The number of halogens is 1. The van der Waals surface area contributed by atoms with Crippen molar-refractivity contribution in [3.05, 3.63) is 70.5 Å². The zero-order chi connectivity index (χ0) is 38.0. The molecule has 7 atom stereocenters. The molecule has 9 heteroatoms. The third kappa shape index (κ3) is 6.08. The summed E-state index contributed by atoms with van der Waals surface area (Å²) in [5, 5.41) is 12.3. The molecule has 2 heterocycles. The molecule has 2 amide bonds. The van der Waals surface area contributed by atoms with Crippen molar-refractivity contribution in [3.8, 4) is 0 Å². The van der Waals surface area contributed by atoms with E-state index >= 15 is 4.39 Å². The maximum Gasteiger partial charge on any atom is 0.256 e. The maximum absolute atomic E-state index is 15.1. The van der Waals surface area contributed by atoms with Gasteiger partial charge in [-0.1, -0.05) is 51.1 Å². The van der Waals surface area contributed by atoms with Gasteiger partial charge >= 0.3 is 0 Å². The zero-order valence-corrected chi connectivity index (χ0v) is 32.3. The number of nitrogens with zero attached hydrogens (tertiary/aromatic N) is 3. The second-order valence-corrected chi connectivity index (χ2v) is 18.4. The van der Waals surface area contributed by atoms with E-state index in [9.17, 15) is 24.3 Å². The standard InChI is InChI=1S/C45H56FN3O5/c1-42-18-13-31(50)27-30(42)12-17-43(2)38(42)14-19-44(3)39(43)15-20-45(44,54)16-6-9-40(52)48-21-23-49(24-22-48)41(53)34-25-29(10-11-35(34)46)26-36-32-7-4-5-8-33(32)37(51)28-47-36/h4-5,7-8,10-11,25,30,38-39,54H,6,9,12-24,26-28H2,1-3H3/t30-,38+,39-,42-,43+,44-,45-/m1/s1. The second kappa shape index (κ2) is 13.8. The van der Waals surface area contributed by atoms with E-state index in [1.807, 2.05) is 18.2 Å². The summed E-state index contributed by atoms with van der Waals surface area (Å²) < 4.78 is 15.1. The van der Waals surface area contributed by atoms with Crippen LogP contribution in [0.25, 0.3) is 0 Å². The predicted octanol–water partition coefficient (Wildman–Crippen LogP) is 7.24. The van der Waals surface area contributed by atoms with E-state index < -0.39 is 17.3 Å². The quantitative estimate of drug-likeness (QED) is 0.323. The average molecular weight is 738 g/mol. The van der Waals surface area contributed by atoms with Crippen LogP contribution in [-0.2, 0) is 16.0 Å². The van der Waals surface area contributed by atoms with Crippen LogP contribution in [0.4, 0.5) is 4.39 Å². The summed E-state index contributed by atoms with van der Waals surface area (Å²) in [6.45, 7) is 8.81. The van der Waals surface area contributed by atoms with E-state index in [2.05, 4.69) is 25.8 Å². The number of amides is 2. The lowest BCUT2D eigenvalue weighted by Gasteiger charge is -2.66. The fourth-order valence-corrected chi connectivity index (χ4v) is 12.8. The monoisotopic (exact) mass is 737 g/mol. The molecule has 0 unspecified atom stereocenters. The van der Waals surface area contributed by atoms with Gasteiger partial charge in [0, 0.05) is 68.7 Å². The molecule has 8 rings (SSSR count). The normalized spacial score (nSPS) is 34.8. The molecular formula is C45H56FN3O5. The molecule has 4 saturated carbocycles. The first-order valence-electron chi connectivity index (χ1n) is 20.5. The Morgan fingerprint density at radius 2 is 1.59 bits per heavy atom. The summed E-state index contributed by atoms with van der Waals surface area (Å²) >= 11 is 0. The molecule has 1 saturated heterocycles. The van der Waals surface area contributed by atoms with Gasteiger partial charge in [-0.05, 0) is 109 Å². The molecule has 2 aliphatic heterocycles. The fraction of sp³-hybridized carbons (Fsp3) is 0.622. The lowest BCUT2D eigenvalue weighted by Crippen LogP contribution is -2.61. The number of ketones is 2. The van der Waals surface area contributed by atoms with Crippen molar-refractivity contribution in [2.24, 2.45) is 39.0 Å². The minimum absolute atomic E-state index is 0.00328. The highest BCUT2D eigenvalue weighted by atomic mass is 19.1. The van der Waals surface area contributed by atoms with Crippen LogP contribution in [-0.4, -0.2) is 82.3 Å². The Morgan fingerprint density at radius 1 is 0.870 bits per heavy atom. The van der Waals surface area contributed by atoms with Gasteiger partial charge in [0.2, 0.25) is 5.91 Å². The molecule has 288 valence electrons. The molecule has 8 nitrogen and oxygen atoms in total. The highest BCUT2D eigenvalue weighted by Crippen LogP contribution is 2.73. The second-order valence-electron chi connectivity index (χ2n) is 18.4. The van der Waals surface area contributed by atoms with Crippen LogP contribution in [0.2, 0.25) is 0 Å². The largest absolute Gasteiger partial charge is 0.389 e. The molecule has 0 radical (unpaired) electrons. The number of Topliss-reactive ketones (excluding diaryl/α,β-unsaturated/α-hetero) is 2. The van der Waals surface area contributed by atoms with Crippen molar-refractivity contribution in [3.63, 3.8) is 0 Å². The van der Waals surface area contributed by atoms with Crippen molar-refractivity contribution in [2.45, 2.75) is 110 Å².